The van der Waals surface area contributed by atoms with Crippen LogP contribution in [-0.2, 0) is 6.54 Å². The number of hydrogen-bond donors (Lipinski definition) is 1. The first-order valence-corrected chi connectivity index (χ1v) is 6.12. The summed E-state index contributed by atoms with van der Waals surface area (Å²) in [5.41, 5.74) is 1.30. The standard InChI is InChI=1S/C13H15N3O3/c1-2-7-14-8-10-9-15-19-13(10)11-5-3-4-6-12(11)16(17)18/h3-6,9,14H,2,7-8H2,1H3. The number of nitrogens with one attached hydrogen (secondary N) is 1. The maximum atomic E-state index is 11.0. The largest absolute Gasteiger partial charge is 0.356 e. The van der Waals surface area contributed by atoms with Crippen molar-refractivity contribution in [2.24, 2.45) is 0 Å². The minimum Gasteiger partial charge on any atom is -0.356 e. The van der Waals surface area contributed by atoms with Crippen molar-refractivity contribution in [3.8, 4) is 11.3 Å². The van der Waals surface area contributed by atoms with E-state index in [0.29, 0.717) is 17.9 Å². The van der Waals surface area contributed by atoms with E-state index >= 15 is 0 Å². The second-order valence-electron chi connectivity index (χ2n) is 4.13. The van der Waals surface area contributed by atoms with Crippen LogP contribution in [0.3, 0.4) is 0 Å². The molecule has 0 saturated carbocycles. The van der Waals surface area contributed by atoms with E-state index in [-0.39, 0.29) is 5.69 Å². The molecule has 0 unspecified atom stereocenters. The van der Waals surface area contributed by atoms with Crippen molar-refractivity contribution in [1.29, 1.82) is 0 Å². The first-order chi connectivity index (χ1) is 9.24. The first kappa shape index (κ1) is 13.2. The topological polar surface area (TPSA) is 81.2 Å². The third-order valence-electron chi connectivity index (χ3n) is 2.73. The lowest BCUT2D eigenvalue weighted by Gasteiger charge is -2.03. The van der Waals surface area contributed by atoms with Crippen molar-refractivity contribution >= 4 is 5.69 Å². The number of rotatable bonds is 6. The molecule has 0 aliphatic heterocycles. The van der Waals surface area contributed by atoms with Crippen molar-refractivity contribution in [2.45, 2.75) is 19.9 Å². The molecule has 6 nitrogen and oxygen atoms in total. The summed E-state index contributed by atoms with van der Waals surface area (Å²) in [6, 6.07) is 6.50. The normalized spacial score (nSPS) is 10.6. The fourth-order valence-corrected chi connectivity index (χ4v) is 1.83. The zero-order chi connectivity index (χ0) is 13.7. The molecule has 2 rings (SSSR count). The Hall–Kier alpha value is -2.21. The molecule has 1 aromatic carbocycles. The Morgan fingerprint density at radius 2 is 2.21 bits per heavy atom. The lowest BCUT2D eigenvalue weighted by atomic mass is 10.1. The van der Waals surface area contributed by atoms with E-state index < -0.39 is 4.92 Å². The number of hydrogen-bond acceptors (Lipinski definition) is 5. The van der Waals surface area contributed by atoms with Gasteiger partial charge in [-0.25, -0.2) is 0 Å². The van der Waals surface area contributed by atoms with Crippen molar-refractivity contribution in [2.75, 3.05) is 6.54 Å². The SMILES string of the molecule is CCCNCc1cnoc1-c1ccccc1[N+](=O)[O-]. The number of nitrogens with zero attached hydrogens (tertiary/aromatic N) is 2. The highest BCUT2D eigenvalue weighted by molar-refractivity contribution is 5.71. The van der Waals surface area contributed by atoms with Gasteiger partial charge in [0.1, 0.15) is 0 Å². The quantitative estimate of drug-likeness (QED) is 0.491. The van der Waals surface area contributed by atoms with Gasteiger partial charge in [-0.1, -0.05) is 24.2 Å². The van der Waals surface area contributed by atoms with Crippen LogP contribution in [0.15, 0.2) is 35.0 Å². The highest BCUT2D eigenvalue weighted by Gasteiger charge is 2.20. The first-order valence-electron chi connectivity index (χ1n) is 6.12. The Morgan fingerprint density at radius 1 is 1.42 bits per heavy atom. The third kappa shape index (κ3) is 2.97. The number of benzene rings is 1. The Labute approximate surface area is 110 Å². The number of para-hydroxylation sites is 1. The fraction of sp³-hybridized carbons (Fsp3) is 0.308. The van der Waals surface area contributed by atoms with Crippen molar-refractivity contribution < 1.29 is 9.45 Å². The minimum absolute atomic E-state index is 0.0241. The summed E-state index contributed by atoms with van der Waals surface area (Å²) in [6.07, 6.45) is 2.61. The lowest BCUT2D eigenvalue weighted by Crippen LogP contribution is -2.13. The summed E-state index contributed by atoms with van der Waals surface area (Å²) < 4.78 is 5.18. The van der Waals surface area contributed by atoms with Gasteiger partial charge < -0.3 is 9.84 Å². The van der Waals surface area contributed by atoms with Gasteiger partial charge in [0.25, 0.3) is 5.69 Å². The van der Waals surface area contributed by atoms with Gasteiger partial charge >= 0.3 is 0 Å². The van der Waals surface area contributed by atoms with Gasteiger partial charge in [-0.2, -0.15) is 0 Å². The number of aromatic nitrogens is 1. The maximum absolute atomic E-state index is 11.0. The predicted octanol–water partition coefficient (Wildman–Crippen LogP) is 2.75. The van der Waals surface area contributed by atoms with Crippen LogP contribution in [0.5, 0.6) is 0 Å². The zero-order valence-corrected chi connectivity index (χ0v) is 10.6. The molecule has 100 valence electrons. The van der Waals surface area contributed by atoms with Crippen molar-refractivity contribution in [1.82, 2.24) is 10.5 Å². The molecule has 19 heavy (non-hydrogen) atoms. The highest BCUT2D eigenvalue weighted by Crippen LogP contribution is 2.31. The summed E-state index contributed by atoms with van der Waals surface area (Å²) in [5.74, 6) is 0.455. The molecule has 0 aliphatic rings. The van der Waals surface area contributed by atoms with Crippen molar-refractivity contribution in [3.63, 3.8) is 0 Å². The average Bonchev–Trinajstić information content (AvgIpc) is 2.87. The molecule has 0 saturated heterocycles. The van der Waals surface area contributed by atoms with E-state index in [1.54, 1.807) is 24.4 Å². The minimum atomic E-state index is -0.416. The molecular formula is C13H15N3O3. The third-order valence-corrected chi connectivity index (χ3v) is 2.73. The molecule has 1 N–H and O–H groups in total. The van der Waals surface area contributed by atoms with Crippen LogP contribution >= 0.6 is 0 Å². The van der Waals surface area contributed by atoms with Gasteiger partial charge in [0.15, 0.2) is 5.76 Å². The van der Waals surface area contributed by atoms with E-state index in [1.165, 1.54) is 6.07 Å². The lowest BCUT2D eigenvalue weighted by molar-refractivity contribution is -0.384. The Kier molecular flexibility index (Phi) is 4.25. The van der Waals surface area contributed by atoms with Gasteiger partial charge in [0.05, 0.1) is 16.7 Å². The number of nitro groups is 1. The fourth-order valence-electron chi connectivity index (χ4n) is 1.83. The summed E-state index contributed by atoms with van der Waals surface area (Å²) in [7, 11) is 0. The van der Waals surface area contributed by atoms with Gasteiger partial charge in [-0.3, -0.25) is 10.1 Å². The second kappa shape index (κ2) is 6.10. The predicted molar refractivity (Wildman–Crippen MR) is 70.6 cm³/mol. The van der Waals surface area contributed by atoms with Crippen LogP contribution < -0.4 is 5.32 Å². The second-order valence-corrected chi connectivity index (χ2v) is 4.13. The smallest absolute Gasteiger partial charge is 0.280 e. The summed E-state index contributed by atoms with van der Waals surface area (Å²) in [6.45, 7) is 3.53. The van der Waals surface area contributed by atoms with Gasteiger partial charge in [0.2, 0.25) is 0 Å². The molecule has 0 aliphatic carbocycles. The van der Waals surface area contributed by atoms with Crippen molar-refractivity contribution in [3.05, 3.63) is 46.1 Å². The monoisotopic (exact) mass is 261 g/mol. The van der Waals surface area contributed by atoms with Crippen LogP contribution in [0.2, 0.25) is 0 Å². The van der Waals surface area contributed by atoms with Gasteiger partial charge in [0, 0.05) is 18.2 Å². The van der Waals surface area contributed by atoms with Crippen LogP contribution in [0.25, 0.3) is 11.3 Å². The molecule has 6 heteroatoms. The maximum Gasteiger partial charge on any atom is 0.280 e. The number of nitro benzene ring substituents is 1. The molecule has 1 heterocycles. The summed E-state index contributed by atoms with van der Waals surface area (Å²) in [5, 5.41) is 18.0. The Balaban J connectivity index is 2.32. The average molecular weight is 261 g/mol. The van der Waals surface area contributed by atoms with Crippen LogP contribution in [0.4, 0.5) is 5.69 Å². The van der Waals surface area contributed by atoms with Crippen LogP contribution in [0, 0.1) is 10.1 Å². The van der Waals surface area contributed by atoms with E-state index in [1.807, 2.05) is 0 Å². The molecule has 0 amide bonds. The molecule has 0 bridgehead atoms. The van der Waals surface area contributed by atoms with E-state index in [4.69, 9.17) is 4.52 Å². The summed E-state index contributed by atoms with van der Waals surface area (Å²) in [4.78, 5) is 10.6. The molecular weight excluding hydrogens is 246 g/mol. The Bertz CT molecular complexity index is 566. The van der Waals surface area contributed by atoms with Gasteiger partial charge in [-0.05, 0) is 19.0 Å². The molecule has 2 aromatic rings. The molecule has 0 atom stereocenters. The summed E-state index contributed by atoms with van der Waals surface area (Å²) >= 11 is 0. The Morgan fingerprint density at radius 3 is 2.95 bits per heavy atom. The molecule has 0 fully saturated rings. The molecule has 1 aromatic heterocycles. The van der Waals surface area contributed by atoms with Gasteiger partial charge in [-0.15, -0.1) is 0 Å². The van der Waals surface area contributed by atoms with Crippen LogP contribution in [-0.4, -0.2) is 16.6 Å². The van der Waals surface area contributed by atoms with E-state index in [2.05, 4.69) is 17.4 Å². The van der Waals surface area contributed by atoms with Crippen LogP contribution in [0.1, 0.15) is 18.9 Å². The zero-order valence-electron chi connectivity index (χ0n) is 10.6. The van der Waals surface area contributed by atoms with E-state index in [9.17, 15) is 10.1 Å². The molecule has 0 radical (unpaired) electrons. The van der Waals surface area contributed by atoms with E-state index in [0.717, 1.165) is 18.5 Å². The molecule has 0 spiro atoms. The highest BCUT2D eigenvalue weighted by atomic mass is 16.6.